The summed E-state index contributed by atoms with van der Waals surface area (Å²) in [5.74, 6) is 0.209. The van der Waals surface area contributed by atoms with Crippen molar-refractivity contribution in [2.75, 3.05) is 12.3 Å². The molecule has 0 aliphatic rings. The number of carbonyl (C=O) groups excluding carboxylic acids is 1. The van der Waals surface area contributed by atoms with Gasteiger partial charge in [0, 0.05) is 34.0 Å². The Bertz CT molecular complexity index is 440. The van der Waals surface area contributed by atoms with Gasteiger partial charge in [0.15, 0.2) is 0 Å². The second kappa shape index (κ2) is 6.29. The van der Waals surface area contributed by atoms with Gasteiger partial charge >= 0.3 is 0 Å². The third kappa shape index (κ3) is 4.74. The number of carbonyl (C=O) groups is 1. The van der Waals surface area contributed by atoms with E-state index in [1.807, 2.05) is 20.8 Å². The van der Waals surface area contributed by atoms with Crippen LogP contribution in [0.25, 0.3) is 0 Å². The van der Waals surface area contributed by atoms with Gasteiger partial charge in [0.25, 0.3) is 5.91 Å². The Balaban J connectivity index is 2.43. The lowest BCUT2D eigenvalue weighted by Crippen LogP contribution is -2.32. The molecule has 1 heterocycles. The molecule has 0 aliphatic heterocycles. The van der Waals surface area contributed by atoms with Crippen molar-refractivity contribution < 1.29 is 9.00 Å². The molecule has 0 saturated heterocycles. The lowest BCUT2D eigenvalue weighted by atomic mass is 10.3. The van der Waals surface area contributed by atoms with E-state index in [-0.39, 0.29) is 10.7 Å². The predicted octanol–water partition coefficient (Wildman–Crippen LogP) is 2.01. The summed E-state index contributed by atoms with van der Waals surface area (Å²) in [6.45, 7) is 6.11. The van der Waals surface area contributed by atoms with E-state index >= 15 is 0 Å². The minimum Gasteiger partial charge on any atom is -0.351 e. The Morgan fingerprint density at radius 1 is 1.44 bits per heavy atom. The molecule has 1 amide bonds. The summed E-state index contributed by atoms with van der Waals surface area (Å²) in [5.41, 5.74) is 0.445. The summed E-state index contributed by atoms with van der Waals surface area (Å²) in [4.78, 5) is 15.5. The monoisotopic (exact) mass is 288 g/mol. The highest BCUT2D eigenvalue weighted by Gasteiger charge is 2.18. The number of nitrogens with zero attached hydrogens (tertiary/aromatic N) is 1. The van der Waals surface area contributed by atoms with Gasteiger partial charge in [-0.1, -0.05) is 11.6 Å². The molecule has 0 aliphatic carbocycles. The highest BCUT2D eigenvalue weighted by molar-refractivity contribution is 7.86. The smallest absolute Gasteiger partial charge is 0.252 e. The molecule has 0 radical (unpaired) electrons. The number of nitrogens with one attached hydrogen (secondary N) is 1. The Labute approximate surface area is 115 Å². The number of halogens is 1. The molecule has 1 aromatic rings. The Hall–Kier alpha value is -0.940. The summed E-state index contributed by atoms with van der Waals surface area (Å²) < 4.78 is 11.5. The van der Waals surface area contributed by atoms with E-state index in [2.05, 4.69) is 10.3 Å². The van der Waals surface area contributed by atoms with Crippen LogP contribution in [0.2, 0.25) is 5.15 Å². The zero-order valence-electron chi connectivity index (χ0n) is 10.7. The van der Waals surface area contributed by atoms with Crippen molar-refractivity contribution in [1.29, 1.82) is 0 Å². The Morgan fingerprint density at radius 3 is 2.61 bits per heavy atom. The van der Waals surface area contributed by atoms with E-state index in [0.717, 1.165) is 0 Å². The first-order chi connectivity index (χ1) is 8.30. The quantitative estimate of drug-likeness (QED) is 0.862. The molecule has 0 unspecified atom stereocenters. The van der Waals surface area contributed by atoms with E-state index in [1.54, 1.807) is 12.1 Å². The van der Waals surface area contributed by atoms with Crippen molar-refractivity contribution in [2.45, 2.75) is 25.5 Å². The number of amides is 1. The summed E-state index contributed by atoms with van der Waals surface area (Å²) in [7, 11) is -0.965. The van der Waals surface area contributed by atoms with Gasteiger partial charge in [-0.3, -0.25) is 9.00 Å². The number of hydrogen-bond donors (Lipinski definition) is 1. The molecule has 0 fully saturated rings. The molecule has 4 nitrogen and oxygen atoms in total. The SMILES string of the molecule is CC(C)(C)[S@](=O)CCNC(=O)c1ccc(Cl)nc1. The van der Waals surface area contributed by atoms with Crippen LogP contribution in [0.5, 0.6) is 0 Å². The Morgan fingerprint density at radius 2 is 2.11 bits per heavy atom. The van der Waals surface area contributed by atoms with Crippen LogP contribution in [0.4, 0.5) is 0 Å². The first-order valence-corrected chi connectivity index (χ1v) is 7.28. The van der Waals surface area contributed by atoms with Crippen LogP contribution in [-0.2, 0) is 10.8 Å². The van der Waals surface area contributed by atoms with E-state index in [9.17, 15) is 9.00 Å². The van der Waals surface area contributed by atoms with Crippen molar-refractivity contribution in [3.63, 3.8) is 0 Å². The fraction of sp³-hybridized carbons (Fsp3) is 0.500. The van der Waals surface area contributed by atoms with Gasteiger partial charge in [-0.15, -0.1) is 0 Å². The average molecular weight is 289 g/mol. The van der Waals surface area contributed by atoms with E-state index < -0.39 is 10.8 Å². The highest BCUT2D eigenvalue weighted by Crippen LogP contribution is 2.10. The van der Waals surface area contributed by atoms with Gasteiger partial charge in [0.05, 0.1) is 5.56 Å². The summed E-state index contributed by atoms with van der Waals surface area (Å²) >= 11 is 5.63. The van der Waals surface area contributed by atoms with Crippen LogP contribution in [-0.4, -0.2) is 32.1 Å². The highest BCUT2D eigenvalue weighted by atomic mass is 35.5. The maximum atomic E-state index is 11.8. The van der Waals surface area contributed by atoms with Crippen molar-refractivity contribution in [3.8, 4) is 0 Å². The van der Waals surface area contributed by atoms with Crippen LogP contribution in [0.3, 0.4) is 0 Å². The molecule has 1 atom stereocenters. The Kier molecular flexibility index (Phi) is 5.28. The van der Waals surface area contributed by atoms with Crippen molar-refractivity contribution in [1.82, 2.24) is 10.3 Å². The first kappa shape index (κ1) is 15.1. The molecule has 0 saturated carbocycles. The fourth-order valence-corrected chi connectivity index (χ4v) is 2.19. The number of rotatable bonds is 4. The van der Waals surface area contributed by atoms with Crippen LogP contribution >= 0.6 is 11.6 Å². The van der Waals surface area contributed by atoms with Gasteiger partial charge in [-0.2, -0.15) is 0 Å². The third-order valence-electron chi connectivity index (χ3n) is 2.25. The predicted molar refractivity (Wildman–Crippen MR) is 74.3 cm³/mol. The van der Waals surface area contributed by atoms with Gasteiger partial charge in [0.2, 0.25) is 0 Å². The largest absolute Gasteiger partial charge is 0.351 e. The maximum absolute atomic E-state index is 11.8. The molecule has 0 bridgehead atoms. The molecular formula is C12H17ClN2O2S. The molecule has 1 aromatic heterocycles. The lowest BCUT2D eigenvalue weighted by molar-refractivity contribution is 0.0956. The summed E-state index contributed by atoms with van der Waals surface area (Å²) in [5, 5.41) is 3.05. The molecule has 18 heavy (non-hydrogen) atoms. The normalized spacial score (nSPS) is 13.1. The number of hydrogen-bond acceptors (Lipinski definition) is 3. The molecule has 0 aromatic carbocycles. The standard InChI is InChI=1S/C12H17ClN2O2S/c1-12(2,3)18(17)7-6-14-11(16)9-4-5-10(13)15-8-9/h4-5,8H,6-7H2,1-3H3,(H,14,16)/t18-/m1/s1. The van der Waals surface area contributed by atoms with Crippen molar-refractivity contribution in [3.05, 3.63) is 29.0 Å². The second-order valence-corrected chi connectivity index (χ2v) is 7.50. The van der Waals surface area contributed by atoms with Crippen LogP contribution < -0.4 is 5.32 Å². The van der Waals surface area contributed by atoms with Gasteiger partial charge < -0.3 is 5.32 Å². The molecule has 1 rings (SSSR count). The summed E-state index contributed by atoms with van der Waals surface area (Å²) in [6.07, 6.45) is 1.42. The van der Waals surface area contributed by atoms with Crippen LogP contribution in [0, 0.1) is 0 Å². The minimum absolute atomic E-state index is 0.231. The molecule has 6 heteroatoms. The van der Waals surface area contributed by atoms with Gasteiger partial charge in [-0.05, 0) is 32.9 Å². The molecule has 0 spiro atoms. The van der Waals surface area contributed by atoms with Crippen LogP contribution in [0.15, 0.2) is 18.3 Å². The molecule has 100 valence electrons. The fourth-order valence-electron chi connectivity index (χ4n) is 1.18. The van der Waals surface area contributed by atoms with E-state index in [4.69, 9.17) is 11.6 Å². The van der Waals surface area contributed by atoms with Gasteiger partial charge in [-0.25, -0.2) is 4.98 Å². The van der Waals surface area contributed by atoms with E-state index in [1.165, 1.54) is 6.20 Å². The lowest BCUT2D eigenvalue weighted by Gasteiger charge is -2.17. The first-order valence-electron chi connectivity index (χ1n) is 5.59. The summed E-state index contributed by atoms with van der Waals surface area (Å²) in [6, 6.07) is 3.16. The number of aromatic nitrogens is 1. The zero-order chi connectivity index (χ0) is 13.8. The minimum atomic E-state index is -0.965. The molecular weight excluding hydrogens is 272 g/mol. The molecule has 1 N–H and O–H groups in total. The number of pyridine rings is 1. The van der Waals surface area contributed by atoms with Crippen LogP contribution in [0.1, 0.15) is 31.1 Å². The van der Waals surface area contributed by atoms with Gasteiger partial charge in [0.1, 0.15) is 5.15 Å². The maximum Gasteiger partial charge on any atom is 0.252 e. The topological polar surface area (TPSA) is 59.1 Å². The zero-order valence-corrected chi connectivity index (χ0v) is 12.3. The third-order valence-corrected chi connectivity index (χ3v) is 4.41. The average Bonchev–Trinajstić information content (AvgIpc) is 2.28. The van der Waals surface area contributed by atoms with E-state index in [0.29, 0.717) is 23.0 Å². The van der Waals surface area contributed by atoms with Crippen molar-refractivity contribution >= 4 is 28.3 Å². The van der Waals surface area contributed by atoms with Crippen molar-refractivity contribution in [2.24, 2.45) is 0 Å². The second-order valence-electron chi connectivity index (χ2n) is 4.79.